The first-order valence-electron chi connectivity index (χ1n) is 7.14. The standard InChI is InChI=1S/C16H23NO3/c1-4-19-15(18)16(17,13-8-9-13)10-20-14-11(2)6-5-7-12(14)3/h5-7,13H,4,8-10,17H2,1-3H3. The molecule has 4 heteroatoms. The van der Waals surface area contributed by atoms with E-state index in [1.165, 1.54) is 0 Å². The fraction of sp³-hybridized carbons (Fsp3) is 0.562. The van der Waals surface area contributed by atoms with Gasteiger partial charge in [-0.25, -0.2) is 4.79 Å². The van der Waals surface area contributed by atoms with Crippen LogP contribution in [-0.4, -0.2) is 24.7 Å². The van der Waals surface area contributed by atoms with Gasteiger partial charge >= 0.3 is 5.97 Å². The molecule has 0 heterocycles. The second kappa shape index (κ2) is 5.83. The number of para-hydroxylation sites is 1. The van der Waals surface area contributed by atoms with Crippen molar-refractivity contribution in [1.82, 2.24) is 0 Å². The number of ether oxygens (including phenoxy) is 2. The quantitative estimate of drug-likeness (QED) is 0.811. The third-order valence-electron chi connectivity index (χ3n) is 3.83. The molecule has 0 spiro atoms. The zero-order chi connectivity index (χ0) is 14.8. The number of carbonyl (C=O) groups is 1. The Morgan fingerprint density at radius 1 is 1.35 bits per heavy atom. The molecule has 1 aliphatic rings. The second-order valence-corrected chi connectivity index (χ2v) is 5.54. The lowest BCUT2D eigenvalue weighted by Crippen LogP contribution is -2.55. The maximum atomic E-state index is 12.1. The molecular weight excluding hydrogens is 254 g/mol. The van der Waals surface area contributed by atoms with E-state index < -0.39 is 5.54 Å². The van der Waals surface area contributed by atoms with Gasteiger partial charge in [-0.2, -0.15) is 0 Å². The molecule has 1 saturated carbocycles. The van der Waals surface area contributed by atoms with Crippen LogP contribution >= 0.6 is 0 Å². The Bertz CT molecular complexity index is 476. The van der Waals surface area contributed by atoms with E-state index in [4.69, 9.17) is 15.2 Å². The van der Waals surface area contributed by atoms with Crippen LogP contribution in [0.5, 0.6) is 5.75 Å². The van der Waals surface area contributed by atoms with E-state index in [9.17, 15) is 4.79 Å². The second-order valence-electron chi connectivity index (χ2n) is 5.54. The van der Waals surface area contributed by atoms with E-state index in [0.717, 1.165) is 29.7 Å². The van der Waals surface area contributed by atoms with Crippen LogP contribution in [0.15, 0.2) is 18.2 Å². The Balaban J connectivity index is 2.12. The maximum Gasteiger partial charge on any atom is 0.329 e. The summed E-state index contributed by atoms with van der Waals surface area (Å²) >= 11 is 0. The van der Waals surface area contributed by atoms with Gasteiger partial charge in [0.05, 0.1) is 6.61 Å². The van der Waals surface area contributed by atoms with Crippen LogP contribution in [0.4, 0.5) is 0 Å². The van der Waals surface area contributed by atoms with Crippen molar-refractivity contribution in [3.63, 3.8) is 0 Å². The van der Waals surface area contributed by atoms with Gasteiger partial charge in [-0.3, -0.25) is 0 Å². The molecule has 1 aromatic rings. The number of aryl methyl sites for hydroxylation is 2. The molecule has 110 valence electrons. The van der Waals surface area contributed by atoms with Crippen molar-refractivity contribution in [3.05, 3.63) is 29.3 Å². The van der Waals surface area contributed by atoms with Gasteiger partial charge in [0, 0.05) is 0 Å². The fourth-order valence-corrected chi connectivity index (χ4v) is 2.43. The molecule has 0 radical (unpaired) electrons. The lowest BCUT2D eigenvalue weighted by molar-refractivity contribution is -0.152. The van der Waals surface area contributed by atoms with Crippen LogP contribution in [0.25, 0.3) is 0 Å². The highest BCUT2D eigenvalue weighted by Gasteiger charge is 2.50. The Kier molecular flexibility index (Phi) is 4.33. The first kappa shape index (κ1) is 14.9. The molecule has 2 rings (SSSR count). The third kappa shape index (κ3) is 2.96. The van der Waals surface area contributed by atoms with Gasteiger partial charge in [-0.15, -0.1) is 0 Å². The van der Waals surface area contributed by atoms with Crippen LogP contribution in [0.3, 0.4) is 0 Å². The average molecular weight is 277 g/mol. The molecule has 1 aliphatic carbocycles. The monoisotopic (exact) mass is 277 g/mol. The molecule has 2 N–H and O–H groups in total. The van der Waals surface area contributed by atoms with Crippen molar-refractivity contribution >= 4 is 5.97 Å². The molecule has 1 atom stereocenters. The minimum absolute atomic E-state index is 0.169. The average Bonchev–Trinajstić information content (AvgIpc) is 3.22. The van der Waals surface area contributed by atoms with Crippen molar-refractivity contribution in [3.8, 4) is 5.75 Å². The summed E-state index contributed by atoms with van der Waals surface area (Å²) in [4.78, 5) is 12.1. The molecule has 1 unspecified atom stereocenters. The number of carbonyl (C=O) groups excluding carboxylic acids is 1. The Hall–Kier alpha value is -1.55. The number of nitrogens with two attached hydrogens (primary N) is 1. The topological polar surface area (TPSA) is 61.5 Å². The van der Waals surface area contributed by atoms with Crippen molar-refractivity contribution in [2.45, 2.75) is 39.2 Å². The van der Waals surface area contributed by atoms with Crippen molar-refractivity contribution < 1.29 is 14.3 Å². The van der Waals surface area contributed by atoms with E-state index in [1.54, 1.807) is 6.92 Å². The molecule has 0 bridgehead atoms. The Morgan fingerprint density at radius 2 is 1.95 bits per heavy atom. The van der Waals surface area contributed by atoms with Crippen molar-refractivity contribution in [2.75, 3.05) is 13.2 Å². The summed E-state index contributed by atoms with van der Waals surface area (Å²) in [6.07, 6.45) is 1.93. The largest absolute Gasteiger partial charge is 0.490 e. The van der Waals surface area contributed by atoms with Crippen LogP contribution in [0, 0.1) is 19.8 Å². The first-order chi connectivity index (χ1) is 9.49. The number of rotatable bonds is 6. The van der Waals surface area contributed by atoms with Gasteiger partial charge in [0.25, 0.3) is 0 Å². The van der Waals surface area contributed by atoms with Gasteiger partial charge in [-0.05, 0) is 50.7 Å². The lowest BCUT2D eigenvalue weighted by Gasteiger charge is -2.27. The molecule has 1 aromatic carbocycles. The minimum atomic E-state index is -1.02. The summed E-state index contributed by atoms with van der Waals surface area (Å²) in [7, 11) is 0. The summed E-state index contributed by atoms with van der Waals surface area (Å²) in [6, 6.07) is 5.96. The number of hydrogen-bond donors (Lipinski definition) is 1. The number of benzene rings is 1. The van der Waals surface area contributed by atoms with Gasteiger partial charge in [0.15, 0.2) is 5.54 Å². The predicted octanol–water partition coefficient (Wildman–Crippen LogP) is 2.35. The van der Waals surface area contributed by atoms with Gasteiger partial charge in [-0.1, -0.05) is 18.2 Å². The van der Waals surface area contributed by atoms with Crippen LogP contribution in [0.2, 0.25) is 0 Å². The van der Waals surface area contributed by atoms with E-state index in [-0.39, 0.29) is 18.5 Å². The van der Waals surface area contributed by atoms with E-state index in [1.807, 2.05) is 32.0 Å². The van der Waals surface area contributed by atoms with Gasteiger partial charge in [0.1, 0.15) is 12.4 Å². The number of esters is 1. The molecule has 0 aromatic heterocycles. The van der Waals surface area contributed by atoms with E-state index >= 15 is 0 Å². The highest BCUT2D eigenvalue weighted by atomic mass is 16.5. The summed E-state index contributed by atoms with van der Waals surface area (Å²) in [6.45, 7) is 6.28. The van der Waals surface area contributed by atoms with E-state index in [2.05, 4.69) is 0 Å². The molecule has 4 nitrogen and oxygen atoms in total. The van der Waals surface area contributed by atoms with Crippen molar-refractivity contribution in [2.24, 2.45) is 11.7 Å². The fourth-order valence-electron chi connectivity index (χ4n) is 2.43. The summed E-state index contributed by atoms with van der Waals surface area (Å²) in [5.74, 6) is 0.631. The highest BCUT2D eigenvalue weighted by Crippen LogP contribution is 2.39. The third-order valence-corrected chi connectivity index (χ3v) is 3.83. The van der Waals surface area contributed by atoms with Gasteiger partial charge < -0.3 is 15.2 Å². The Labute approximate surface area is 120 Å². The van der Waals surface area contributed by atoms with Gasteiger partial charge in [0.2, 0.25) is 0 Å². The molecule has 0 aliphatic heterocycles. The molecule has 20 heavy (non-hydrogen) atoms. The predicted molar refractivity (Wildman–Crippen MR) is 77.7 cm³/mol. The lowest BCUT2D eigenvalue weighted by atomic mass is 9.95. The summed E-state index contributed by atoms with van der Waals surface area (Å²) in [5.41, 5.74) is 7.35. The zero-order valence-corrected chi connectivity index (χ0v) is 12.4. The molecule has 1 fully saturated rings. The van der Waals surface area contributed by atoms with Crippen LogP contribution < -0.4 is 10.5 Å². The maximum absolute atomic E-state index is 12.1. The summed E-state index contributed by atoms with van der Waals surface area (Å²) < 4.78 is 11.0. The first-order valence-corrected chi connectivity index (χ1v) is 7.14. The number of hydrogen-bond acceptors (Lipinski definition) is 4. The minimum Gasteiger partial charge on any atom is -0.490 e. The molecule has 0 amide bonds. The van der Waals surface area contributed by atoms with Crippen LogP contribution in [-0.2, 0) is 9.53 Å². The smallest absolute Gasteiger partial charge is 0.329 e. The molecular formula is C16H23NO3. The highest BCUT2D eigenvalue weighted by molar-refractivity contribution is 5.81. The normalized spacial score (nSPS) is 17.4. The Morgan fingerprint density at radius 3 is 2.45 bits per heavy atom. The van der Waals surface area contributed by atoms with E-state index in [0.29, 0.717) is 6.61 Å². The van der Waals surface area contributed by atoms with Crippen LogP contribution in [0.1, 0.15) is 30.9 Å². The summed E-state index contributed by atoms with van der Waals surface area (Å²) in [5, 5.41) is 0. The molecule has 0 saturated heterocycles. The van der Waals surface area contributed by atoms with Crippen molar-refractivity contribution in [1.29, 1.82) is 0 Å². The SMILES string of the molecule is CCOC(=O)C(N)(COc1c(C)cccc1C)C1CC1. The zero-order valence-electron chi connectivity index (χ0n) is 12.4.